The van der Waals surface area contributed by atoms with Crippen molar-refractivity contribution in [2.75, 3.05) is 13.2 Å². The first-order valence-electron chi connectivity index (χ1n) is 5.40. The van der Waals surface area contributed by atoms with Gasteiger partial charge in [-0.3, -0.25) is 4.79 Å². The highest BCUT2D eigenvalue weighted by Crippen LogP contribution is 2.44. The SMILES string of the molecule is O=C(NCC1(CO)CC1)c1cc(F)cc(F)c1. The van der Waals surface area contributed by atoms with Crippen molar-refractivity contribution in [1.82, 2.24) is 5.32 Å². The standard InChI is InChI=1S/C12H13F2NO2/c13-9-3-8(4-10(14)5-9)11(17)15-6-12(7-16)1-2-12/h3-5,16H,1-2,6-7H2,(H,15,17). The van der Waals surface area contributed by atoms with E-state index >= 15 is 0 Å². The van der Waals surface area contributed by atoms with Crippen molar-refractivity contribution < 1.29 is 18.7 Å². The number of benzene rings is 1. The van der Waals surface area contributed by atoms with E-state index in [-0.39, 0.29) is 17.6 Å². The second-order valence-corrected chi connectivity index (χ2v) is 4.50. The van der Waals surface area contributed by atoms with Gasteiger partial charge in [0.15, 0.2) is 0 Å². The number of rotatable bonds is 4. The van der Waals surface area contributed by atoms with Crippen LogP contribution in [0.4, 0.5) is 8.78 Å². The molecule has 1 aromatic carbocycles. The lowest BCUT2D eigenvalue weighted by molar-refractivity contribution is 0.0934. The molecule has 1 fully saturated rings. The molecule has 1 aliphatic rings. The van der Waals surface area contributed by atoms with Crippen molar-refractivity contribution in [3.8, 4) is 0 Å². The predicted octanol–water partition coefficient (Wildman–Crippen LogP) is 1.47. The number of aliphatic hydroxyl groups excluding tert-OH is 1. The smallest absolute Gasteiger partial charge is 0.251 e. The Morgan fingerprint density at radius 2 is 1.88 bits per heavy atom. The van der Waals surface area contributed by atoms with Gasteiger partial charge in [0.25, 0.3) is 5.91 Å². The van der Waals surface area contributed by atoms with Crippen LogP contribution in [0.2, 0.25) is 0 Å². The molecule has 1 aliphatic carbocycles. The average Bonchev–Trinajstić information content (AvgIpc) is 3.05. The number of amides is 1. The number of aliphatic hydroxyl groups is 1. The number of hydrogen-bond donors (Lipinski definition) is 2. The Bertz CT molecular complexity index is 424. The van der Waals surface area contributed by atoms with Gasteiger partial charge in [0.2, 0.25) is 0 Å². The zero-order valence-electron chi connectivity index (χ0n) is 9.17. The van der Waals surface area contributed by atoms with Crippen molar-refractivity contribution in [2.45, 2.75) is 12.8 Å². The molecule has 3 nitrogen and oxygen atoms in total. The molecule has 0 bridgehead atoms. The van der Waals surface area contributed by atoms with Crippen LogP contribution in [0.3, 0.4) is 0 Å². The highest BCUT2D eigenvalue weighted by Gasteiger charge is 2.42. The summed E-state index contributed by atoms with van der Waals surface area (Å²) < 4.78 is 25.8. The molecule has 1 aromatic rings. The van der Waals surface area contributed by atoms with Gasteiger partial charge in [0, 0.05) is 23.6 Å². The Morgan fingerprint density at radius 1 is 1.29 bits per heavy atom. The highest BCUT2D eigenvalue weighted by molar-refractivity contribution is 5.94. The molecule has 2 N–H and O–H groups in total. The van der Waals surface area contributed by atoms with Crippen LogP contribution >= 0.6 is 0 Å². The summed E-state index contributed by atoms with van der Waals surface area (Å²) in [5, 5.41) is 11.6. The van der Waals surface area contributed by atoms with Crippen molar-refractivity contribution in [3.05, 3.63) is 35.4 Å². The highest BCUT2D eigenvalue weighted by atomic mass is 19.1. The molecule has 0 spiro atoms. The lowest BCUT2D eigenvalue weighted by Crippen LogP contribution is -2.31. The zero-order valence-corrected chi connectivity index (χ0v) is 9.17. The fraction of sp³-hybridized carbons (Fsp3) is 0.417. The number of carbonyl (C=O) groups excluding carboxylic acids is 1. The molecule has 0 aliphatic heterocycles. The quantitative estimate of drug-likeness (QED) is 0.838. The third kappa shape index (κ3) is 2.79. The summed E-state index contributed by atoms with van der Waals surface area (Å²) in [6.07, 6.45) is 1.72. The van der Waals surface area contributed by atoms with Gasteiger partial charge < -0.3 is 10.4 Å². The van der Waals surface area contributed by atoms with Crippen LogP contribution in [0.15, 0.2) is 18.2 Å². The molecule has 2 rings (SSSR count). The molecule has 0 unspecified atom stereocenters. The number of halogens is 2. The fourth-order valence-corrected chi connectivity index (χ4v) is 1.62. The van der Waals surface area contributed by atoms with E-state index in [9.17, 15) is 13.6 Å². The Kier molecular flexibility index (Phi) is 3.11. The lowest BCUT2D eigenvalue weighted by atomic mass is 10.1. The predicted molar refractivity (Wildman–Crippen MR) is 57.4 cm³/mol. The zero-order chi connectivity index (χ0) is 12.5. The van der Waals surface area contributed by atoms with E-state index in [0.717, 1.165) is 25.0 Å². The summed E-state index contributed by atoms with van der Waals surface area (Å²) in [5.41, 5.74) is -0.266. The summed E-state index contributed by atoms with van der Waals surface area (Å²) in [6.45, 7) is 0.352. The molecule has 92 valence electrons. The van der Waals surface area contributed by atoms with Gasteiger partial charge in [-0.1, -0.05) is 0 Å². The van der Waals surface area contributed by atoms with Crippen LogP contribution in [0.25, 0.3) is 0 Å². The van der Waals surface area contributed by atoms with E-state index < -0.39 is 17.5 Å². The first kappa shape index (κ1) is 12.0. The van der Waals surface area contributed by atoms with Gasteiger partial charge in [0.1, 0.15) is 11.6 Å². The molecule has 0 heterocycles. The van der Waals surface area contributed by atoms with Gasteiger partial charge in [-0.25, -0.2) is 8.78 Å². The molecule has 0 atom stereocenters. The summed E-state index contributed by atoms with van der Waals surface area (Å²) in [4.78, 5) is 11.6. The van der Waals surface area contributed by atoms with Gasteiger partial charge in [-0.05, 0) is 25.0 Å². The van der Waals surface area contributed by atoms with Crippen LogP contribution in [-0.4, -0.2) is 24.2 Å². The lowest BCUT2D eigenvalue weighted by Gasteiger charge is -2.12. The third-order valence-electron chi connectivity index (χ3n) is 3.04. The van der Waals surface area contributed by atoms with Gasteiger partial charge in [0.05, 0.1) is 6.61 Å². The number of carbonyl (C=O) groups is 1. The molecule has 1 saturated carbocycles. The first-order chi connectivity index (χ1) is 8.04. The molecule has 5 heteroatoms. The van der Waals surface area contributed by atoms with Gasteiger partial charge in [-0.2, -0.15) is 0 Å². The molecular weight excluding hydrogens is 228 g/mol. The number of hydrogen-bond acceptors (Lipinski definition) is 2. The van der Waals surface area contributed by atoms with E-state index in [1.807, 2.05) is 0 Å². The molecule has 0 aromatic heterocycles. The van der Waals surface area contributed by atoms with Crippen molar-refractivity contribution in [3.63, 3.8) is 0 Å². The van der Waals surface area contributed by atoms with Crippen LogP contribution < -0.4 is 5.32 Å². The fourth-order valence-electron chi connectivity index (χ4n) is 1.62. The minimum Gasteiger partial charge on any atom is -0.396 e. The minimum atomic E-state index is -0.779. The van der Waals surface area contributed by atoms with Gasteiger partial charge >= 0.3 is 0 Å². The Hall–Kier alpha value is -1.49. The monoisotopic (exact) mass is 241 g/mol. The van der Waals surface area contributed by atoms with E-state index in [4.69, 9.17) is 5.11 Å². The molecule has 0 saturated heterocycles. The minimum absolute atomic E-state index is 0.0186. The van der Waals surface area contributed by atoms with Crippen molar-refractivity contribution in [1.29, 1.82) is 0 Å². The maximum absolute atomic E-state index is 12.9. The summed E-state index contributed by atoms with van der Waals surface area (Å²) >= 11 is 0. The molecular formula is C12H13F2NO2. The molecule has 0 radical (unpaired) electrons. The van der Waals surface area contributed by atoms with E-state index in [0.29, 0.717) is 12.6 Å². The second kappa shape index (κ2) is 4.41. The van der Waals surface area contributed by atoms with Gasteiger partial charge in [-0.15, -0.1) is 0 Å². The summed E-state index contributed by atoms with van der Waals surface area (Å²) in [7, 11) is 0. The maximum Gasteiger partial charge on any atom is 0.251 e. The summed E-state index contributed by atoms with van der Waals surface area (Å²) in [5.74, 6) is -2.08. The normalized spacial score (nSPS) is 16.6. The Labute approximate surface area is 97.5 Å². The number of nitrogens with one attached hydrogen (secondary N) is 1. The van der Waals surface area contributed by atoms with Crippen LogP contribution in [-0.2, 0) is 0 Å². The third-order valence-corrected chi connectivity index (χ3v) is 3.04. The molecule has 17 heavy (non-hydrogen) atoms. The van der Waals surface area contributed by atoms with E-state index in [2.05, 4.69) is 5.32 Å². The van der Waals surface area contributed by atoms with Crippen molar-refractivity contribution >= 4 is 5.91 Å². The van der Waals surface area contributed by atoms with Crippen LogP contribution in [0.5, 0.6) is 0 Å². The molecule has 1 amide bonds. The van der Waals surface area contributed by atoms with E-state index in [1.54, 1.807) is 0 Å². The second-order valence-electron chi connectivity index (χ2n) is 4.50. The van der Waals surface area contributed by atoms with E-state index in [1.165, 1.54) is 0 Å². The largest absolute Gasteiger partial charge is 0.396 e. The van der Waals surface area contributed by atoms with Crippen molar-refractivity contribution in [2.24, 2.45) is 5.41 Å². The van der Waals surface area contributed by atoms with Crippen LogP contribution in [0, 0.1) is 17.0 Å². The topological polar surface area (TPSA) is 49.3 Å². The first-order valence-corrected chi connectivity index (χ1v) is 5.40. The maximum atomic E-state index is 12.9. The van der Waals surface area contributed by atoms with Crippen LogP contribution in [0.1, 0.15) is 23.2 Å². The Morgan fingerprint density at radius 3 is 2.35 bits per heavy atom. The summed E-state index contributed by atoms with van der Waals surface area (Å²) in [6, 6.07) is 2.68. The Balaban J connectivity index is 1.99. The average molecular weight is 241 g/mol.